The van der Waals surface area contributed by atoms with E-state index < -0.39 is 23.0 Å². The highest BCUT2D eigenvalue weighted by Gasteiger charge is 2.28. The zero-order valence-electron chi connectivity index (χ0n) is 10.5. The van der Waals surface area contributed by atoms with Gasteiger partial charge in [0.25, 0.3) is 6.43 Å². The van der Waals surface area contributed by atoms with Gasteiger partial charge in [-0.05, 0) is 34.1 Å². The van der Waals surface area contributed by atoms with E-state index >= 15 is 0 Å². The SMILES string of the molecule is COCCN(CC(F)F)S(=O)(=O)c1ccc(Br)cc1Br. The molecule has 0 N–H and O–H groups in total. The Morgan fingerprint density at radius 2 is 2.00 bits per heavy atom. The van der Waals surface area contributed by atoms with Crippen LogP contribution in [-0.2, 0) is 14.8 Å². The smallest absolute Gasteiger partial charge is 0.252 e. The number of halogens is 4. The number of alkyl halides is 2. The van der Waals surface area contributed by atoms with E-state index in [1.807, 2.05) is 0 Å². The predicted molar refractivity (Wildman–Crippen MR) is 78.5 cm³/mol. The lowest BCUT2D eigenvalue weighted by Crippen LogP contribution is -2.37. The first-order valence-electron chi connectivity index (χ1n) is 5.51. The topological polar surface area (TPSA) is 46.6 Å². The number of sulfonamides is 1. The van der Waals surface area contributed by atoms with E-state index in [1.165, 1.54) is 19.2 Å². The molecule has 0 aliphatic rings. The number of nitrogens with zero attached hydrogens (tertiary/aromatic N) is 1. The number of hydrogen-bond donors (Lipinski definition) is 0. The molecule has 0 fully saturated rings. The van der Waals surface area contributed by atoms with Crippen molar-refractivity contribution in [3.63, 3.8) is 0 Å². The van der Waals surface area contributed by atoms with Crippen molar-refractivity contribution < 1.29 is 21.9 Å². The van der Waals surface area contributed by atoms with Crippen molar-refractivity contribution in [2.24, 2.45) is 0 Å². The van der Waals surface area contributed by atoms with Crippen LogP contribution >= 0.6 is 31.9 Å². The molecule has 0 radical (unpaired) electrons. The Kier molecular flexibility index (Phi) is 6.99. The van der Waals surface area contributed by atoms with Gasteiger partial charge in [-0.3, -0.25) is 0 Å². The van der Waals surface area contributed by atoms with Crippen molar-refractivity contribution in [3.05, 3.63) is 27.1 Å². The van der Waals surface area contributed by atoms with E-state index in [1.54, 1.807) is 6.07 Å². The summed E-state index contributed by atoms with van der Waals surface area (Å²) in [6.45, 7) is -0.958. The Bertz CT molecular complexity index is 555. The molecule has 0 amide bonds. The summed E-state index contributed by atoms with van der Waals surface area (Å²) in [7, 11) is -2.63. The minimum atomic E-state index is -4.01. The normalized spacial score (nSPS) is 12.3. The Morgan fingerprint density at radius 3 is 2.50 bits per heavy atom. The maximum absolute atomic E-state index is 12.6. The molecule has 1 aromatic carbocycles. The molecule has 4 nitrogen and oxygen atoms in total. The fourth-order valence-corrected chi connectivity index (χ4v) is 4.59. The zero-order chi connectivity index (χ0) is 15.3. The Morgan fingerprint density at radius 1 is 1.35 bits per heavy atom. The molecule has 0 heterocycles. The molecular weight excluding hydrogens is 424 g/mol. The quantitative estimate of drug-likeness (QED) is 0.659. The average Bonchev–Trinajstić information content (AvgIpc) is 2.33. The van der Waals surface area contributed by atoms with E-state index in [4.69, 9.17) is 4.74 Å². The van der Waals surface area contributed by atoms with Gasteiger partial charge in [0, 0.05) is 22.6 Å². The van der Waals surface area contributed by atoms with Crippen LogP contribution in [0, 0.1) is 0 Å². The van der Waals surface area contributed by atoms with Crippen LogP contribution in [0.15, 0.2) is 32.0 Å². The third-order valence-electron chi connectivity index (χ3n) is 2.40. The highest BCUT2D eigenvalue weighted by atomic mass is 79.9. The molecule has 114 valence electrons. The van der Waals surface area contributed by atoms with E-state index in [0.29, 0.717) is 8.95 Å². The molecule has 0 saturated carbocycles. The van der Waals surface area contributed by atoms with Crippen LogP contribution in [0.1, 0.15) is 0 Å². The van der Waals surface area contributed by atoms with E-state index in [2.05, 4.69) is 31.9 Å². The third-order valence-corrected chi connectivity index (χ3v) is 5.73. The fourth-order valence-electron chi connectivity index (χ4n) is 1.48. The van der Waals surface area contributed by atoms with Crippen LogP contribution in [0.3, 0.4) is 0 Å². The summed E-state index contributed by atoms with van der Waals surface area (Å²) < 4.78 is 56.4. The molecule has 0 aliphatic carbocycles. The summed E-state index contributed by atoms with van der Waals surface area (Å²) in [5, 5.41) is 0. The number of rotatable bonds is 7. The maximum atomic E-state index is 12.6. The lowest BCUT2D eigenvalue weighted by molar-refractivity contribution is 0.106. The van der Waals surface area contributed by atoms with Gasteiger partial charge in [-0.1, -0.05) is 15.9 Å². The van der Waals surface area contributed by atoms with Gasteiger partial charge >= 0.3 is 0 Å². The van der Waals surface area contributed by atoms with E-state index in [0.717, 1.165) is 4.31 Å². The summed E-state index contributed by atoms with van der Waals surface area (Å²) >= 11 is 6.33. The van der Waals surface area contributed by atoms with Gasteiger partial charge in [0.1, 0.15) is 0 Å². The van der Waals surface area contributed by atoms with E-state index in [-0.39, 0.29) is 18.0 Å². The van der Waals surface area contributed by atoms with Gasteiger partial charge in [-0.25, -0.2) is 17.2 Å². The summed E-state index contributed by atoms with van der Waals surface area (Å²) in [6.07, 6.45) is -2.75. The maximum Gasteiger partial charge on any atom is 0.252 e. The van der Waals surface area contributed by atoms with Gasteiger partial charge in [0.05, 0.1) is 18.0 Å². The molecule has 20 heavy (non-hydrogen) atoms. The van der Waals surface area contributed by atoms with Crippen molar-refractivity contribution in [2.75, 3.05) is 26.8 Å². The number of benzene rings is 1. The molecule has 0 aromatic heterocycles. The van der Waals surface area contributed by atoms with Gasteiger partial charge in [-0.2, -0.15) is 4.31 Å². The van der Waals surface area contributed by atoms with Gasteiger partial charge < -0.3 is 4.74 Å². The van der Waals surface area contributed by atoms with E-state index in [9.17, 15) is 17.2 Å². The molecule has 9 heteroatoms. The minimum absolute atomic E-state index is 0.0418. The van der Waals surface area contributed by atoms with Gasteiger partial charge in [-0.15, -0.1) is 0 Å². The largest absolute Gasteiger partial charge is 0.383 e. The number of methoxy groups -OCH3 is 1. The fraction of sp³-hybridized carbons (Fsp3) is 0.455. The third kappa shape index (κ3) is 4.73. The summed E-state index contributed by atoms with van der Waals surface area (Å²) in [5.41, 5.74) is 0. The molecule has 0 aliphatic heterocycles. The Hall–Kier alpha value is -0.0900. The van der Waals surface area contributed by atoms with Gasteiger partial charge in [0.15, 0.2) is 0 Å². The van der Waals surface area contributed by atoms with Crippen LogP contribution in [0.25, 0.3) is 0 Å². The number of hydrogen-bond acceptors (Lipinski definition) is 3. The van der Waals surface area contributed by atoms with Crippen molar-refractivity contribution in [1.29, 1.82) is 0 Å². The van der Waals surface area contributed by atoms with Crippen LogP contribution in [0.2, 0.25) is 0 Å². The Balaban J connectivity index is 3.14. The standard InChI is InChI=1S/C11H13Br2F2NO3S/c1-19-5-4-16(7-11(14)15)20(17,18)10-3-2-8(12)6-9(10)13/h2-3,6,11H,4-5,7H2,1H3. The summed E-state index contributed by atoms with van der Waals surface area (Å²) in [4.78, 5) is -0.0579. The molecule has 0 bridgehead atoms. The molecular formula is C11H13Br2F2NO3S. The second kappa shape index (κ2) is 7.79. The van der Waals surface area contributed by atoms with Crippen LogP contribution in [0.4, 0.5) is 8.78 Å². The zero-order valence-corrected chi connectivity index (χ0v) is 14.5. The highest BCUT2D eigenvalue weighted by molar-refractivity contribution is 9.11. The monoisotopic (exact) mass is 435 g/mol. The summed E-state index contributed by atoms with van der Waals surface area (Å²) in [5.74, 6) is 0. The van der Waals surface area contributed by atoms with Gasteiger partial charge in [0.2, 0.25) is 10.0 Å². The molecule has 0 atom stereocenters. The second-order valence-electron chi connectivity index (χ2n) is 3.82. The summed E-state index contributed by atoms with van der Waals surface area (Å²) in [6, 6.07) is 4.44. The molecule has 1 rings (SSSR count). The average molecular weight is 437 g/mol. The van der Waals surface area contributed by atoms with Crippen molar-refractivity contribution in [3.8, 4) is 0 Å². The molecule has 0 spiro atoms. The van der Waals surface area contributed by atoms with Crippen molar-refractivity contribution in [1.82, 2.24) is 4.31 Å². The minimum Gasteiger partial charge on any atom is -0.383 e. The molecule has 0 unspecified atom stereocenters. The first-order chi connectivity index (χ1) is 9.28. The second-order valence-corrected chi connectivity index (χ2v) is 7.50. The van der Waals surface area contributed by atoms with Crippen molar-refractivity contribution >= 4 is 41.9 Å². The first kappa shape index (κ1) is 18.0. The lowest BCUT2D eigenvalue weighted by Gasteiger charge is -2.22. The van der Waals surface area contributed by atoms with Crippen LogP contribution < -0.4 is 0 Å². The predicted octanol–water partition coefficient (Wildman–Crippen LogP) is 3.11. The van der Waals surface area contributed by atoms with Crippen molar-refractivity contribution in [2.45, 2.75) is 11.3 Å². The molecule has 0 saturated heterocycles. The number of ether oxygens (including phenoxy) is 1. The highest BCUT2D eigenvalue weighted by Crippen LogP contribution is 2.28. The van der Waals surface area contributed by atoms with Crippen LogP contribution in [-0.4, -0.2) is 46.0 Å². The first-order valence-corrected chi connectivity index (χ1v) is 8.54. The molecule has 1 aromatic rings. The Labute approximate surface area is 133 Å². The lowest BCUT2D eigenvalue weighted by atomic mass is 10.4. The van der Waals surface area contributed by atoms with Crippen LogP contribution in [0.5, 0.6) is 0 Å².